The smallest absolute Gasteiger partial charge is 0.255 e. The van der Waals surface area contributed by atoms with E-state index >= 15 is 0 Å². The van der Waals surface area contributed by atoms with Crippen molar-refractivity contribution in [2.24, 2.45) is 5.73 Å². The number of nitrogens with two attached hydrogens (primary N) is 1. The van der Waals surface area contributed by atoms with Crippen molar-refractivity contribution in [1.82, 2.24) is 20.4 Å². The van der Waals surface area contributed by atoms with Crippen LogP contribution in [0.15, 0.2) is 28.8 Å². The zero-order chi connectivity index (χ0) is 19.3. The molecule has 29 heavy (non-hydrogen) atoms. The molecule has 3 N–H and O–H groups in total. The Bertz CT molecular complexity index is 936. The van der Waals surface area contributed by atoms with Crippen LogP contribution in [0, 0.1) is 0 Å². The van der Waals surface area contributed by atoms with Crippen LogP contribution in [0.5, 0.6) is 0 Å². The number of halogens is 1. The van der Waals surface area contributed by atoms with E-state index in [1.54, 1.807) is 11.0 Å². The van der Waals surface area contributed by atoms with Crippen LogP contribution in [0.1, 0.15) is 72.2 Å². The lowest BCUT2D eigenvalue weighted by atomic mass is 9.99. The zero-order valence-electron chi connectivity index (χ0n) is 16.0. The van der Waals surface area contributed by atoms with Crippen LogP contribution < -0.4 is 11.1 Å². The van der Waals surface area contributed by atoms with Crippen LogP contribution in [-0.4, -0.2) is 32.9 Å². The van der Waals surface area contributed by atoms with Gasteiger partial charge in [0.2, 0.25) is 11.8 Å². The SMILES string of the molecule is Cl.NC1(c2noc(CNC(=O)C3c4ccccc4C(=O)N3C3CC3)n2)CCCC1. The van der Waals surface area contributed by atoms with Gasteiger partial charge in [-0.05, 0) is 37.3 Å². The van der Waals surface area contributed by atoms with Crippen molar-refractivity contribution in [2.45, 2.75) is 62.7 Å². The third kappa shape index (κ3) is 3.40. The van der Waals surface area contributed by atoms with Gasteiger partial charge < -0.3 is 20.5 Å². The first-order valence-electron chi connectivity index (χ1n) is 9.88. The third-order valence-electron chi connectivity index (χ3n) is 6.01. The molecular weight excluding hydrogens is 394 g/mol. The van der Waals surface area contributed by atoms with Gasteiger partial charge in [0, 0.05) is 11.6 Å². The van der Waals surface area contributed by atoms with E-state index in [1.165, 1.54) is 0 Å². The fourth-order valence-corrected chi connectivity index (χ4v) is 4.35. The van der Waals surface area contributed by atoms with E-state index < -0.39 is 11.6 Å². The van der Waals surface area contributed by atoms with Gasteiger partial charge in [-0.3, -0.25) is 9.59 Å². The van der Waals surface area contributed by atoms with Crippen LogP contribution in [-0.2, 0) is 16.9 Å². The van der Waals surface area contributed by atoms with Crippen LogP contribution >= 0.6 is 12.4 Å². The summed E-state index contributed by atoms with van der Waals surface area (Å²) in [7, 11) is 0. The maximum atomic E-state index is 13.0. The fourth-order valence-electron chi connectivity index (χ4n) is 4.35. The lowest BCUT2D eigenvalue weighted by Crippen LogP contribution is -2.40. The minimum Gasteiger partial charge on any atom is -0.345 e. The fraction of sp³-hybridized carbons (Fsp3) is 0.500. The van der Waals surface area contributed by atoms with Crippen molar-refractivity contribution >= 4 is 24.2 Å². The molecule has 154 valence electrons. The highest BCUT2D eigenvalue weighted by Crippen LogP contribution is 2.42. The summed E-state index contributed by atoms with van der Waals surface area (Å²) in [5.41, 5.74) is 7.21. The van der Waals surface area contributed by atoms with Crippen LogP contribution in [0.4, 0.5) is 0 Å². The highest BCUT2D eigenvalue weighted by molar-refractivity contribution is 6.05. The summed E-state index contributed by atoms with van der Waals surface area (Å²) in [4.78, 5) is 31.8. The van der Waals surface area contributed by atoms with Crippen molar-refractivity contribution in [3.63, 3.8) is 0 Å². The molecule has 0 saturated heterocycles. The van der Waals surface area contributed by atoms with Gasteiger partial charge in [-0.2, -0.15) is 4.98 Å². The van der Waals surface area contributed by atoms with Crippen molar-refractivity contribution in [3.8, 4) is 0 Å². The van der Waals surface area contributed by atoms with Gasteiger partial charge in [-0.15, -0.1) is 12.4 Å². The highest BCUT2D eigenvalue weighted by atomic mass is 35.5. The third-order valence-corrected chi connectivity index (χ3v) is 6.01. The number of carbonyl (C=O) groups is 2. The number of hydrogen-bond acceptors (Lipinski definition) is 6. The number of nitrogens with one attached hydrogen (secondary N) is 1. The Balaban J connectivity index is 0.00000205. The minimum atomic E-state index is -0.603. The quantitative estimate of drug-likeness (QED) is 0.770. The standard InChI is InChI=1S/C20H23N5O3.ClH/c21-20(9-3-4-10-20)19-23-15(28-24-19)11-22-17(26)16-13-5-1-2-6-14(13)18(27)25(16)12-7-8-12;/h1-2,5-6,12,16H,3-4,7-11,21H2,(H,22,26);1H. The number of fused-ring (bicyclic) bond motifs is 1. The molecule has 1 aromatic heterocycles. The molecule has 1 unspecified atom stereocenters. The Hall–Kier alpha value is -2.45. The summed E-state index contributed by atoms with van der Waals surface area (Å²) < 4.78 is 5.30. The Labute approximate surface area is 174 Å². The van der Waals surface area contributed by atoms with E-state index in [1.807, 2.05) is 18.2 Å². The van der Waals surface area contributed by atoms with E-state index in [2.05, 4.69) is 15.5 Å². The molecule has 1 atom stereocenters. The molecule has 2 heterocycles. The number of benzene rings is 1. The monoisotopic (exact) mass is 417 g/mol. The molecule has 1 aromatic carbocycles. The molecule has 0 spiro atoms. The molecule has 2 saturated carbocycles. The van der Waals surface area contributed by atoms with Gasteiger partial charge >= 0.3 is 0 Å². The zero-order valence-corrected chi connectivity index (χ0v) is 16.8. The molecule has 2 fully saturated rings. The molecule has 1 aliphatic heterocycles. The van der Waals surface area contributed by atoms with Gasteiger partial charge in [0.1, 0.15) is 6.04 Å². The second-order valence-electron chi connectivity index (χ2n) is 8.03. The molecule has 2 amide bonds. The number of hydrogen-bond donors (Lipinski definition) is 2. The average molecular weight is 418 g/mol. The Morgan fingerprint density at radius 2 is 2.00 bits per heavy atom. The Kier molecular flexibility index (Phi) is 5.08. The molecule has 9 heteroatoms. The number of aromatic nitrogens is 2. The second-order valence-corrected chi connectivity index (χ2v) is 8.03. The lowest BCUT2D eigenvalue weighted by Gasteiger charge is -2.24. The topological polar surface area (TPSA) is 114 Å². The molecule has 0 radical (unpaired) electrons. The highest BCUT2D eigenvalue weighted by Gasteiger charge is 2.47. The van der Waals surface area contributed by atoms with Gasteiger partial charge in [0.05, 0.1) is 12.1 Å². The number of nitrogens with zero attached hydrogens (tertiary/aromatic N) is 3. The molecule has 2 aliphatic carbocycles. The largest absolute Gasteiger partial charge is 0.345 e. The Morgan fingerprint density at radius 3 is 2.72 bits per heavy atom. The predicted octanol–water partition coefficient (Wildman–Crippen LogP) is 2.20. The predicted molar refractivity (Wildman–Crippen MR) is 106 cm³/mol. The molecule has 3 aliphatic rings. The number of carbonyl (C=O) groups excluding carboxylic acids is 2. The van der Waals surface area contributed by atoms with E-state index in [0.717, 1.165) is 44.1 Å². The number of amides is 2. The summed E-state index contributed by atoms with van der Waals surface area (Å²) in [5.74, 6) is 0.545. The van der Waals surface area contributed by atoms with E-state index in [9.17, 15) is 9.59 Å². The van der Waals surface area contributed by atoms with E-state index in [-0.39, 0.29) is 36.8 Å². The maximum absolute atomic E-state index is 13.0. The molecule has 2 aromatic rings. The number of rotatable bonds is 5. The van der Waals surface area contributed by atoms with Crippen LogP contribution in [0.3, 0.4) is 0 Å². The van der Waals surface area contributed by atoms with Crippen LogP contribution in [0.25, 0.3) is 0 Å². The maximum Gasteiger partial charge on any atom is 0.255 e. The Morgan fingerprint density at radius 1 is 1.28 bits per heavy atom. The normalized spacial score (nSPS) is 22.3. The second kappa shape index (κ2) is 7.42. The first-order valence-corrected chi connectivity index (χ1v) is 9.88. The van der Waals surface area contributed by atoms with E-state index in [0.29, 0.717) is 17.3 Å². The van der Waals surface area contributed by atoms with Gasteiger partial charge in [-0.25, -0.2) is 0 Å². The average Bonchev–Trinajstić information content (AvgIpc) is 3.12. The van der Waals surface area contributed by atoms with Gasteiger partial charge in [0.25, 0.3) is 5.91 Å². The van der Waals surface area contributed by atoms with Crippen molar-refractivity contribution in [2.75, 3.05) is 0 Å². The lowest BCUT2D eigenvalue weighted by molar-refractivity contribution is -0.126. The molecule has 0 bridgehead atoms. The minimum absolute atomic E-state index is 0. The van der Waals surface area contributed by atoms with Crippen molar-refractivity contribution < 1.29 is 14.1 Å². The summed E-state index contributed by atoms with van der Waals surface area (Å²) in [5, 5.41) is 6.88. The van der Waals surface area contributed by atoms with E-state index in [4.69, 9.17) is 10.3 Å². The van der Waals surface area contributed by atoms with Crippen LogP contribution in [0.2, 0.25) is 0 Å². The molecule has 5 rings (SSSR count). The van der Waals surface area contributed by atoms with Gasteiger partial charge in [0.15, 0.2) is 5.82 Å². The van der Waals surface area contributed by atoms with Gasteiger partial charge in [-0.1, -0.05) is 36.2 Å². The summed E-state index contributed by atoms with van der Waals surface area (Å²) in [6, 6.07) is 6.86. The van der Waals surface area contributed by atoms with Crippen molar-refractivity contribution in [3.05, 3.63) is 47.1 Å². The molecular formula is C20H24ClN5O3. The molecule has 8 nitrogen and oxygen atoms in total. The summed E-state index contributed by atoms with van der Waals surface area (Å²) in [6.07, 6.45) is 5.68. The first kappa shape index (κ1) is 19.8. The van der Waals surface area contributed by atoms with Crippen molar-refractivity contribution in [1.29, 1.82) is 0 Å². The summed E-state index contributed by atoms with van der Waals surface area (Å²) >= 11 is 0. The summed E-state index contributed by atoms with van der Waals surface area (Å²) in [6.45, 7) is 0.118. The first-order chi connectivity index (χ1) is 13.6.